The number of rotatable bonds is 2. The number of H-pyrrole nitrogens is 1. The summed E-state index contributed by atoms with van der Waals surface area (Å²) in [6.45, 7) is 2.67. The van der Waals surface area contributed by atoms with E-state index in [1.165, 1.54) is 0 Å². The maximum absolute atomic E-state index is 11.6. The van der Waals surface area contributed by atoms with Gasteiger partial charge in [0, 0.05) is 24.7 Å². The number of hydrogen-bond acceptors (Lipinski definition) is 3. The number of amides is 1. The Morgan fingerprint density at radius 3 is 3.07 bits per heavy atom. The molecule has 1 unspecified atom stereocenters. The minimum absolute atomic E-state index is 0.149. The average Bonchev–Trinajstić information content (AvgIpc) is 2.71. The maximum atomic E-state index is 11.6. The predicted molar refractivity (Wildman–Crippen MR) is 57.6 cm³/mol. The lowest BCUT2D eigenvalue weighted by molar-refractivity contribution is -0.117. The molecule has 76 valence electrons. The summed E-state index contributed by atoms with van der Waals surface area (Å²) >= 11 is 4.21. The van der Waals surface area contributed by atoms with Crippen molar-refractivity contribution in [3.8, 4) is 0 Å². The minimum atomic E-state index is 0.149. The van der Waals surface area contributed by atoms with E-state index < -0.39 is 0 Å². The highest BCUT2D eigenvalue weighted by Crippen LogP contribution is 2.24. The summed E-state index contributed by atoms with van der Waals surface area (Å²) in [6.07, 6.45) is 0.593. The molecule has 0 spiro atoms. The Labute approximate surface area is 88.1 Å². The van der Waals surface area contributed by atoms with Crippen molar-refractivity contribution in [1.29, 1.82) is 0 Å². The van der Waals surface area contributed by atoms with Gasteiger partial charge in [0.2, 0.25) is 5.91 Å². The number of aromatic nitrogens is 2. The maximum Gasteiger partial charge on any atom is 0.228 e. The Morgan fingerprint density at radius 2 is 2.57 bits per heavy atom. The summed E-state index contributed by atoms with van der Waals surface area (Å²) in [7, 11) is 0. The number of hydrogen-bond donors (Lipinski definition) is 2. The third-order valence-corrected chi connectivity index (χ3v) is 2.95. The topological polar surface area (TPSA) is 49.0 Å². The summed E-state index contributed by atoms with van der Waals surface area (Å²) in [6, 6.07) is 1.89. The van der Waals surface area contributed by atoms with Gasteiger partial charge in [0.15, 0.2) is 5.82 Å². The van der Waals surface area contributed by atoms with E-state index in [2.05, 4.69) is 22.8 Å². The number of nitrogens with one attached hydrogen (secondary N) is 1. The zero-order valence-electron chi connectivity index (χ0n) is 8.03. The lowest BCUT2D eigenvalue weighted by Gasteiger charge is -2.11. The van der Waals surface area contributed by atoms with Crippen LogP contribution in [0.4, 0.5) is 5.82 Å². The van der Waals surface area contributed by atoms with Gasteiger partial charge in [0.05, 0.1) is 0 Å². The monoisotopic (exact) mass is 211 g/mol. The summed E-state index contributed by atoms with van der Waals surface area (Å²) < 4.78 is 0. The van der Waals surface area contributed by atoms with Gasteiger partial charge in [-0.2, -0.15) is 17.7 Å². The average molecular weight is 211 g/mol. The van der Waals surface area contributed by atoms with E-state index >= 15 is 0 Å². The predicted octanol–water partition coefficient (Wildman–Crippen LogP) is 1.00. The molecule has 0 aromatic carbocycles. The van der Waals surface area contributed by atoms with E-state index in [1.54, 1.807) is 4.90 Å². The molecular weight excluding hydrogens is 198 g/mol. The van der Waals surface area contributed by atoms with Gasteiger partial charge in [-0.1, -0.05) is 0 Å². The molecule has 5 heteroatoms. The van der Waals surface area contributed by atoms with E-state index in [4.69, 9.17) is 0 Å². The molecule has 4 nitrogen and oxygen atoms in total. The van der Waals surface area contributed by atoms with Crippen molar-refractivity contribution in [1.82, 2.24) is 10.2 Å². The van der Waals surface area contributed by atoms with E-state index in [-0.39, 0.29) is 5.91 Å². The number of carbonyl (C=O) groups is 1. The zero-order chi connectivity index (χ0) is 10.1. The SMILES string of the molecule is Cc1cc(N2CC(CS)CC2=O)n[nH]1. The van der Waals surface area contributed by atoms with E-state index in [0.29, 0.717) is 12.3 Å². The fourth-order valence-corrected chi connectivity index (χ4v) is 1.91. The third kappa shape index (κ3) is 1.64. The van der Waals surface area contributed by atoms with Crippen LogP contribution in [-0.4, -0.2) is 28.4 Å². The van der Waals surface area contributed by atoms with Gasteiger partial charge in [0.1, 0.15) is 0 Å². The van der Waals surface area contributed by atoms with Crippen LogP contribution in [0.1, 0.15) is 12.1 Å². The highest BCUT2D eigenvalue weighted by atomic mass is 32.1. The van der Waals surface area contributed by atoms with E-state index in [9.17, 15) is 4.79 Å². The van der Waals surface area contributed by atoms with Crippen LogP contribution in [0.25, 0.3) is 0 Å². The van der Waals surface area contributed by atoms with Crippen LogP contribution in [-0.2, 0) is 4.79 Å². The molecule has 1 saturated heterocycles. The van der Waals surface area contributed by atoms with Crippen LogP contribution in [0.5, 0.6) is 0 Å². The molecule has 1 fully saturated rings. The van der Waals surface area contributed by atoms with Crippen molar-refractivity contribution in [3.05, 3.63) is 11.8 Å². The van der Waals surface area contributed by atoms with Crippen LogP contribution in [0.15, 0.2) is 6.07 Å². The Balaban J connectivity index is 2.16. The molecule has 1 aromatic heterocycles. The van der Waals surface area contributed by atoms with Crippen molar-refractivity contribution < 1.29 is 4.79 Å². The van der Waals surface area contributed by atoms with Gasteiger partial charge in [-0.3, -0.25) is 14.8 Å². The molecule has 0 bridgehead atoms. The van der Waals surface area contributed by atoms with Gasteiger partial charge in [-0.15, -0.1) is 0 Å². The fraction of sp³-hybridized carbons (Fsp3) is 0.556. The minimum Gasteiger partial charge on any atom is -0.295 e. The Hall–Kier alpha value is -0.970. The Morgan fingerprint density at radius 1 is 1.79 bits per heavy atom. The lowest BCUT2D eigenvalue weighted by Crippen LogP contribution is -2.24. The summed E-state index contributed by atoms with van der Waals surface area (Å²) in [5.41, 5.74) is 0.974. The van der Waals surface area contributed by atoms with E-state index in [0.717, 1.165) is 23.8 Å². The number of nitrogens with zero attached hydrogens (tertiary/aromatic N) is 2. The van der Waals surface area contributed by atoms with Gasteiger partial charge in [-0.25, -0.2) is 0 Å². The summed E-state index contributed by atoms with van der Waals surface area (Å²) in [5.74, 6) is 2.00. The van der Waals surface area contributed by atoms with Crippen LogP contribution in [0, 0.1) is 12.8 Å². The van der Waals surface area contributed by atoms with Crippen LogP contribution < -0.4 is 4.90 Å². The number of thiol groups is 1. The molecule has 2 rings (SSSR count). The fourth-order valence-electron chi connectivity index (χ4n) is 1.67. The molecule has 1 aliphatic rings. The Kier molecular flexibility index (Phi) is 2.50. The van der Waals surface area contributed by atoms with Gasteiger partial charge >= 0.3 is 0 Å². The third-order valence-electron chi connectivity index (χ3n) is 2.43. The van der Waals surface area contributed by atoms with Crippen LogP contribution in [0.2, 0.25) is 0 Å². The van der Waals surface area contributed by atoms with Crippen LogP contribution >= 0.6 is 12.6 Å². The molecule has 1 aliphatic heterocycles. The molecule has 0 aliphatic carbocycles. The van der Waals surface area contributed by atoms with Crippen molar-refractivity contribution in [2.75, 3.05) is 17.2 Å². The second-order valence-corrected chi connectivity index (χ2v) is 4.03. The van der Waals surface area contributed by atoms with Gasteiger partial charge in [-0.05, 0) is 18.6 Å². The first-order chi connectivity index (χ1) is 6.70. The standard InChI is InChI=1S/C9H13N3OS/c1-6-2-8(11-10-6)12-4-7(5-14)3-9(12)13/h2,7,14H,3-5H2,1H3,(H,10,11). The molecular formula is C9H13N3OS. The lowest BCUT2D eigenvalue weighted by atomic mass is 10.1. The molecule has 1 aromatic rings. The number of anilines is 1. The first-order valence-corrected chi connectivity index (χ1v) is 5.27. The number of carbonyl (C=O) groups excluding carboxylic acids is 1. The number of aromatic amines is 1. The highest BCUT2D eigenvalue weighted by molar-refractivity contribution is 7.80. The van der Waals surface area contributed by atoms with E-state index in [1.807, 2.05) is 13.0 Å². The highest BCUT2D eigenvalue weighted by Gasteiger charge is 2.30. The van der Waals surface area contributed by atoms with Crippen molar-refractivity contribution in [2.24, 2.45) is 5.92 Å². The molecule has 2 heterocycles. The quantitative estimate of drug-likeness (QED) is 0.717. The number of aryl methyl sites for hydroxylation is 1. The van der Waals surface area contributed by atoms with Crippen molar-refractivity contribution >= 4 is 24.4 Å². The normalized spacial score (nSPS) is 22.0. The molecule has 1 amide bonds. The first kappa shape index (κ1) is 9.58. The molecule has 14 heavy (non-hydrogen) atoms. The molecule has 1 N–H and O–H groups in total. The molecule has 0 radical (unpaired) electrons. The summed E-state index contributed by atoms with van der Waals surface area (Å²) in [5, 5.41) is 6.91. The van der Waals surface area contributed by atoms with Crippen molar-refractivity contribution in [3.63, 3.8) is 0 Å². The van der Waals surface area contributed by atoms with Gasteiger partial charge < -0.3 is 0 Å². The van der Waals surface area contributed by atoms with Crippen molar-refractivity contribution in [2.45, 2.75) is 13.3 Å². The Bertz CT molecular complexity index is 350. The zero-order valence-corrected chi connectivity index (χ0v) is 8.92. The molecule has 1 atom stereocenters. The molecule has 0 saturated carbocycles. The van der Waals surface area contributed by atoms with Gasteiger partial charge in [0.25, 0.3) is 0 Å². The van der Waals surface area contributed by atoms with Crippen LogP contribution in [0.3, 0.4) is 0 Å². The first-order valence-electron chi connectivity index (χ1n) is 4.64. The second-order valence-electron chi connectivity index (χ2n) is 3.67. The summed E-state index contributed by atoms with van der Waals surface area (Å²) in [4.78, 5) is 13.3. The second kappa shape index (κ2) is 3.65. The largest absolute Gasteiger partial charge is 0.295 e. The smallest absolute Gasteiger partial charge is 0.228 e.